The molecular formula is C11H15BrClN3O. The molecular weight excluding hydrogens is 305 g/mol. The van der Waals surface area contributed by atoms with Crippen LogP contribution in [0.25, 0.3) is 0 Å². The highest BCUT2D eigenvalue weighted by Crippen LogP contribution is 2.22. The lowest BCUT2D eigenvalue weighted by atomic mass is 10.2. The van der Waals surface area contributed by atoms with E-state index < -0.39 is 0 Å². The molecule has 1 atom stereocenters. The van der Waals surface area contributed by atoms with Gasteiger partial charge in [-0.15, -0.1) is 0 Å². The predicted molar refractivity (Wildman–Crippen MR) is 71.9 cm³/mol. The van der Waals surface area contributed by atoms with Crippen LogP contribution in [-0.4, -0.2) is 35.8 Å². The number of aromatic nitrogens is 2. The normalized spacial score (nSPS) is 20.6. The van der Waals surface area contributed by atoms with Gasteiger partial charge in [0.15, 0.2) is 0 Å². The molecule has 1 aliphatic rings. The van der Waals surface area contributed by atoms with Crippen LogP contribution in [0.3, 0.4) is 0 Å². The molecule has 0 aromatic carbocycles. The predicted octanol–water partition coefficient (Wildman–Crippen LogP) is 2.64. The highest BCUT2D eigenvalue weighted by molar-refractivity contribution is 9.08. The van der Waals surface area contributed by atoms with Gasteiger partial charge in [0.25, 0.3) is 0 Å². The van der Waals surface area contributed by atoms with Crippen LogP contribution in [0.2, 0.25) is 5.28 Å². The molecule has 0 radical (unpaired) electrons. The van der Waals surface area contributed by atoms with E-state index in [4.69, 9.17) is 16.3 Å². The molecule has 1 aromatic rings. The zero-order valence-electron chi connectivity index (χ0n) is 9.70. The molecule has 0 amide bonds. The average Bonchev–Trinajstić information content (AvgIpc) is 2.37. The summed E-state index contributed by atoms with van der Waals surface area (Å²) in [5.41, 5.74) is 0.904. The Morgan fingerprint density at radius 1 is 1.59 bits per heavy atom. The van der Waals surface area contributed by atoms with E-state index in [1.54, 1.807) is 0 Å². The van der Waals surface area contributed by atoms with E-state index in [1.165, 1.54) is 0 Å². The zero-order valence-corrected chi connectivity index (χ0v) is 12.0. The lowest BCUT2D eigenvalue weighted by molar-refractivity contribution is 0.0925. The highest BCUT2D eigenvalue weighted by Gasteiger charge is 2.23. The lowest BCUT2D eigenvalue weighted by Crippen LogP contribution is -2.45. The van der Waals surface area contributed by atoms with E-state index >= 15 is 0 Å². The van der Waals surface area contributed by atoms with Crippen LogP contribution in [-0.2, 0) is 10.1 Å². The van der Waals surface area contributed by atoms with Crippen molar-refractivity contribution in [2.45, 2.75) is 24.7 Å². The van der Waals surface area contributed by atoms with Crippen LogP contribution < -0.4 is 4.90 Å². The number of morpholine rings is 1. The molecule has 1 fully saturated rings. The number of hydrogen-bond donors (Lipinski definition) is 0. The highest BCUT2D eigenvalue weighted by atomic mass is 79.9. The first-order valence-electron chi connectivity index (χ1n) is 5.68. The van der Waals surface area contributed by atoms with Crippen molar-refractivity contribution in [2.24, 2.45) is 0 Å². The van der Waals surface area contributed by atoms with Crippen molar-refractivity contribution in [1.82, 2.24) is 9.97 Å². The summed E-state index contributed by atoms with van der Waals surface area (Å²) in [4.78, 5) is 10.7. The van der Waals surface area contributed by atoms with Gasteiger partial charge in [-0.1, -0.05) is 22.9 Å². The van der Waals surface area contributed by atoms with E-state index in [0.29, 0.717) is 16.7 Å². The minimum atomic E-state index is 0.304. The Balaban J connectivity index is 2.27. The molecule has 0 N–H and O–H groups in total. The summed E-state index contributed by atoms with van der Waals surface area (Å²) in [6.45, 7) is 4.50. The van der Waals surface area contributed by atoms with Crippen molar-refractivity contribution in [3.05, 3.63) is 17.0 Å². The van der Waals surface area contributed by atoms with Gasteiger partial charge in [0.2, 0.25) is 5.28 Å². The summed E-state index contributed by atoms with van der Waals surface area (Å²) in [6.07, 6.45) is 1.03. The molecule has 94 valence electrons. The van der Waals surface area contributed by atoms with E-state index in [-0.39, 0.29) is 0 Å². The minimum absolute atomic E-state index is 0.304. The molecule has 1 unspecified atom stereocenters. The number of halogens is 2. The second-order valence-electron chi connectivity index (χ2n) is 3.95. The Bertz CT molecular complexity index is 391. The van der Waals surface area contributed by atoms with Crippen LogP contribution in [0.4, 0.5) is 5.82 Å². The Morgan fingerprint density at radius 2 is 2.41 bits per heavy atom. The molecule has 6 heteroatoms. The zero-order chi connectivity index (χ0) is 12.3. The van der Waals surface area contributed by atoms with Crippen LogP contribution in [0, 0.1) is 0 Å². The number of nitrogens with zero attached hydrogens (tertiary/aromatic N) is 3. The van der Waals surface area contributed by atoms with Crippen molar-refractivity contribution in [1.29, 1.82) is 0 Å². The van der Waals surface area contributed by atoms with Crippen molar-refractivity contribution in [2.75, 3.05) is 24.7 Å². The van der Waals surface area contributed by atoms with Crippen molar-refractivity contribution >= 4 is 33.3 Å². The van der Waals surface area contributed by atoms with Gasteiger partial charge in [0.1, 0.15) is 5.82 Å². The molecule has 2 rings (SSSR count). The summed E-state index contributed by atoms with van der Waals surface area (Å²) >= 11 is 9.33. The van der Waals surface area contributed by atoms with Crippen LogP contribution in [0.1, 0.15) is 19.0 Å². The minimum Gasteiger partial charge on any atom is -0.377 e. The second-order valence-corrected chi connectivity index (χ2v) is 4.85. The van der Waals surface area contributed by atoms with E-state index in [0.717, 1.165) is 37.7 Å². The van der Waals surface area contributed by atoms with Crippen LogP contribution >= 0.6 is 27.5 Å². The fourth-order valence-corrected chi connectivity index (χ4v) is 2.44. The Morgan fingerprint density at radius 3 is 3.12 bits per heavy atom. The summed E-state index contributed by atoms with van der Waals surface area (Å²) in [7, 11) is 0. The third-order valence-electron chi connectivity index (χ3n) is 2.87. The van der Waals surface area contributed by atoms with Gasteiger partial charge in [0.05, 0.1) is 24.9 Å². The molecule has 1 saturated heterocycles. The maximum atomic E-state index is 5.94. The van der Waals surface area contributed by atoms with Gasteiger partial charge in [0, 0.05) is 17.9 Å². The average molecular weight is 321 g/mol. The molecule has 2 heterocycles. The third kappa shape index (κ3) is 3.09. The summed E-state index contributed by atoms with van der Waals surface area (Å²) < 4.78 is 5.48. The monoisotopic (exact) mass is 319 g/mol. The molecule has 4 nitrogen and oxygen atoms in total. The van der Waals surface area contributed by atoms with Gasteiger partial charge in [-0.25, -0.2) is 9.97 Å². The smallest absolute Gasteiger partial charge is 0.224 e. The summed E-state index contributed by atoms with van der Waals surface area (Å²) in [5.74, 6) is 0.898. The quantitative estimate of drug-likeness (QED) is 0.634. The van der Waals surface area contributed by atoms with Crippen molar-refractivity contribution in [3.8, 4) is 0 Å². The molecule has 17 heavy (non-hydrogen) atoms. The van der Waals surface area contributed by atoms with Gasteiger partial charge in [-0.3, -0.25) is 0 Å². The Kier molecular flexibility index (Phi) is 4.59. The van der Waals surface area contributed by atoms with E-state index in [1.807, 2.05) is 6.07 Å². The van der Waals surface area contributed by atoms with E-state index in [9.17, 15) is 0 Å². The SMILES string of the molecule is CCC1COCCN1c1cc(CBr)nc(Cl)n1. The van der Waals surface area contributed by atoms with Crippen molar-refractivity contribution < 1.29 is 4.74 Å². The summed E-state index contributed by atoms with van der Waals surface area (Å²) in [6, 6.07) is 2.35. The van der Waals surface area contributed by atoms with Crippen LogP contribution in [0.5, 0.6) is 0 Å². The maximum absolute atomic E-state index is 5.94. The lowest BCUT2D eigenvalue weighted by Gasteiger charge is -2.36. The molecule has 0 spiro atoms. The number of rotatable bonds is 3. The number of anilines is 1. The number of alkyl halides is 1. The maximum Gasteiger partial charge on any atom is 0.224 e. The summed E-state index contributed by atoms with van der Waals surface area (Å²) in [5, 5.41) is 0.988. The first-order valence-corrected chi connectivity index (χ1v) is 7.18. The molecule has 1 aromatic heterocycles. The first kappa shape index (κ1) is 13.1. The second kappa shape index (κ2) is 5.98. The Labute approximate surface area is 114 Å². The van der Waals surface area contributed by atoms with Gasteiger partial charge < -0.3 is 9.64 Å². The van der Waals surface area contributed by atoms with Crippen LogP contribution in [0.15, 0.2) is 6.07 Å². The van der Waals surface area contributed by atoms with E-state index in [2.05, 4.69) is 37.7 Å². The topological polar surface area (TPSA) is 38.2 Å². The van der Waals surface area contributed by atoms with Gasteiger partial charge >= 0.3 is 0 Å². The molecule has 0 bridgehead atoms. The van der Waals surface area contributed by atoms with Gasteiger partial charge in [-0.05, 0) is 18.0 Å². The standard InChI is InChI=1S/C11H15BrClN3O/c1-2-9-7-17-4-3-16(9)10-5-8(6-12)14-11(13)15-10/h5,9H,2-4,6-7H2,1H3. The van der Waals surface area contributed by atoms with Gasteiger partial charge in [-0.2, -0.15) is 0 Å². The number of ether oxygens (including phenoxy) is 1. The first-order chi connectivity index (χ1) is 8.24. The fourth-order valence-electron chi connectivity index (χ4n) is 1.96. The third-order valence-corrected chi connectivity index (χ3v) is 3.61. The largest absolute Gasteiger partial charge is 0.377 e. The fraction of sp³-hybridized carbons (Fsp3) is 0.636. The number of hydrogen-bond acceptors (Lipinski definition) is 4. The molecule has 0 saturated carbocycles. The van der Waals surface area contributed by atoms with Crippen molar-refractivity contribution in [3.63, 3.8) is 0 Å². The Hall–Kier alpha value is -0.390. The molecule has 1 aliphatic heterocycles. The molecule has 0 aliphatic carbocycles.